The standard InChI is InChI=1S/C23H25F2N7O/c1-12-28-9-14(10-29-12)33-23-30-17-6-5-15-18(27-2)8-16(24)21(25)19(15)20(17)22(31-23)32-7-3-4-13(26)11-32/h8-10,13,27H,3-7,11,26H2,1-2H3. The van der Waals surface area contributed by atoms with Crippen LogP contribution < -0.4 is 20.7 Å². The summed E-state index contributed by atoms with van der Waals surface area (Å²) in [7, 11) is 1.70. The molecule has 1 aliphatic carbocycles. The van der Waals surface area contributed by atoms with Crippen molar-refractivity contribution < 1.29 is 13.5 Å². The first-order chi connectivity index (χ1) is 15.9. The van der Waals surface area contributed by atoms with Crippen LogP contribution in [0.3, 0.4) is 0 Å². The highest BCUT2D eigenvalue weighted by molar-refractivity contribution is 5.85. The van der Waals surface area contributed by atoms with Gasteiger partial charge in [0.15, 0.2) is 17.4 Å². The maximum Gasteiger partial charge on any atom is 0.324 e. The monoisotopic (exact) mass is 453 g/mol. The molecule has 2 aromatic heterocycles. The number of nitrogens with one attached hydrogen (secondary N) is 1. The summed E-state index contributed by atoms with van der Waals surface area (Å²) in [5.41, 5.74) is 8.84. The molecule has 1 atom stereocenters. The molecule has 0 spiro atoms. The number of aryl methyl sites for hydroxylation is 2. The topological polar surface area (TPSA) is 102 Å². The Morgan fingerprint density at radius 1 is 1.15 bits per heavy atom. The number of fused-ring (bicyclic) bond motifs is 3. The molecule has 33 heavy (non-hydrogen) atoms. The zero-order valence-corrected chi connectivity index (χ0v) is 18.5. The van der Waals surface area contributed by atoms with E-state index in [9.17, 15) is 4.39 Å². The first-order valence-corrected chi connectivity index (χ1v) is 11.0. The van der Waals surface area contributed by atoms with Crippen LogP contribution in [0.4, 0.5) is 20.3 Å². The molecule has 1 fully saturated rings. The maximum atomic E-state index is 15.2. The molecule has 0 radical (unpaired) electrons. The predicted octanol–water partition coefficient (Wildman–Crippen LogP) is 3.38. The van der Waals surface area contributed by atoms with Crippen molar-refractivity contribution in [1.29, 1.82) is 0 Å². The Hall–Kier alpha value is -3.40. The molecule has 1 aliphatic heterocycles. The van der Waals surface area contributed by atoms with E-state index in [2.05, 4.69) is 25.3 Å². The van der Waals surface area contributed by atoms with Crippen molar-refractivity contribution in [2.45, 2.75) is 38.6 Å². The van der Waals surface area contributed by atoms with Gasteiger partial charge in [-0.3, -0.25) is 0 Å². The summed E-state index contributed by atoms with van der Waals surface area (Å²) in [5, 5.41) is 2.99. The summed E-state index contributed by atoms with van der Waals surface area (Å²) in [6.07, 6.45) is 5.92. The summed E-state index contributed by atoms with van der Waals surface area (Å²) in [6, 6.07) is 1.28. The van der Waals surface area contributed by atoms with Crippen molar-refractivity contribution in [3.05, 3.63) is 47.2 Å². The van der Waals surface area contributed by atoms with E-state index < -0.39 is 11.6 Å². The number of ether oxygens (including phenoxy) is 1. The van der Waals surface area contributed by atoms with Gasteiger partial charge in [-0.05, 0) is 38.2 Å². The second kappa shape index (κ2) is 8.51. The van der Waals surface area contributed by atoms with E-state index in [1.165, 1.54) is 6.07 Å². The fourth-order valence-corrected chi connectivity index (χ4v) is 4.58. The van der Waals surface area contributed by atoms with Gasteiger partial charge in [0.25, 0.3) is 0 Å². The molecule has 5 rings (SSSR count). The lowest BCUT2D eigenvalue weighted by Gasteiger charge is -2.35. The van der Waals surface area contributed by atoms with Crippen LogP contribution in [0, 0.1) is 18.6 Å². The molecule has 0 saturated carbocycles. The first kappa shape index (κ1) is 21.4. The zero-order valence-electron chi connectivity index (χ0n) is 18.5. The normalized spacial score (nSPS) is 17.4. The van der Waals surface area contributed by atoms with Gasteiger partial charge in [0.2, 0.25) is 0 Å². The van der Waals surface area contributed by atoms with Crippen LogP contribution in [0.1, 0.15) is 29.9 Å². The molecular formula is C23H25F2N7O. The van der Waals surface area contributed by atoms with Crippen molar-refractivity contribution in [1.82, 2.24) is 19.9 Å². The highest BCUT2D eigenvalue weighted by Gasteiger charge is 2.32. The molecule has 3 N–H and O–H groups in total. The molecule has 172 valence electrons. The van der Waals surface area contributed by atoms with Gasteiger partial charge in [0.05, 0.1) is 18.1 Å². The van der Waals surface area contributed by atoms with Gasteiger partial charge < -0.3 is 20.7 Å². The van der Waals surface area contributed by atoms with Gasteiger partial charge in [-0.15, -0.1) is 0 Å². The molecule has 1 saturated heterocycles. The summed E-state index contributed by atoms with van der Waals surface area (Å²) in [4.78, 5) is 19.5. The predicted molar refractivity (Wildman–Crippen MR) is 121 cm³/mol. The fourth-order valence-electron chi connectivity index (χ4n) is 4.58. The Morgan fingerprint density at radius 3 is 2.67 bits per heavy atom. The van der Waals surface area contributed by atoms with Crippen LogP contribution in [0.5, 0.6) is 11.8 Å². The van der Waals surface area contributed by atoms with Gasteiger partial charge in [0.1, 0.15) is 11.6 Å². The van der Waals surface area contributed by atoms with E-state index in [0.29, 0.717) is 60.3 Å². The minimum Gasteiger partial charge on any atom is -0.421 e. The molecule has 0 bridgehead atoms. The van der Waals surface area contributed by atoms with Crippen LogP contribution in [-0.4, -0.2) is 46.1 Å². The molecule has 1 unspecified atom stereocenters. The lowest BCUT2D eigenvalue weighted by Crippen LogP contribution is -2.43. The van der Waals surface area contributed by atoms with E-state index in [4.69, 9.17) is 10.5 Å². The van der Waals surface area contributed by atoms with Crippen LogP contribution in [0.2, 0.25) is 0 Å². The number of anilines is 2. The maximum absolute atomic E-state index is 15.2. The lowest BCUT2D eigenvalue weighted by atomic mass is 9.86. The lowest BCUT2D eigenvalue weighted by molar-refractivity contribution is 0.431. The van der Waals surface area contributed by atoms with Gasteiger partial charge in [-0.25, -0.2) is 18.7 Å². The van der Waals surface area contributed by atoms with Crippen molar-refractivity contribution in [2.75, 3.05) is 30.4 Å². The van der Waals surface area contributed by atoms with Crippen molar-refractivity contribution in [3.63, 3.8) is 0 Å². The number of halogens is 2. The Bertz CT molecular complexity index is 1200. The van der Waals surface area contributed by atoms with Crippen LogP contribution in [0.15, 0.2) is 18.5 Å². The second-order valence-electron chi connectivity index (χ2n) is 8.39. The quantitative estimate of drug-likeness (QED) is 0.620. The third-order valence-corrected chi connectivity index (χ3v) is 6.13. The number of rotatable bonds is 4. The van der Waals surface area contributed by atoms with Gasteiger partial charge in [-0.1, -0.05) is 0 Å². The number of hydrogen-bond donors (Lipinski definition) is 2. The smallest absolute Gasteiger partial charge is 0.324 e. The molecule has 10 heteroatoms. The minimum atomic E-state index is -0.913. The summed E-state index contributed by atoms with van der Waals surface area (Å²) < 4.78 is 35.7. The van der Waals surface area contributed by atoms with E-state index >= 15 is 4.39 Å². The molecule has 3 aromatic rings. The summed E-state index contributed by atoms with van der Waals surface area (Å²) in [5.74, 6) is -0.286. The fraction of sp³-hybridized carbons (Fsp3) is 0.391. The highest BCUT2D eigenvalue weighted by Crippen LogP contribution is 2.45. The van der Waals surface area contributed by atoms with Crippen molar-refractivity contribution in [3.8, 4) is 22.9 Å². The average Bonchev–Trinajstić information content (AvgIpc) is 2.82. The highest BCUT2D eigenvalue weighted by atomic mass is 19.2. The Balaban J connectivity index is 1.68. The molecular weight excluding hydrogens is 428 g/mol. The van der Waals surface area contributed by atoms with Crippen LogP contribution >= 0.6 is 0 Å². The van der Waals surface area contributed by atoms with E-state index in [-0.39, 0.29) is 17.6 Å². The summed E-state index contributed by atoms with van der Waals surface area (Å²) in [6.45, 7) is 3.04. The molecule has 3 heterocycles. The number of piperidine rings is 1. The van der Waals surface area contributed by atoms with Gasteiger partial charge >= 0.3 is 6.01 Å². The zero-order chi connectivity index (χ0) is 23.1. The molecule has 8 nitrogen and oxygen atoms in total. The minimum absolute atomic E-state index is 0.0347. The number of aromatic nitrogens is 4. The van der Waals surface area contributed by atoms with E-state index in [0.717, 1.165) is 18.4 Å². The Labute approximate surface area is 190 Å². The number of nitrogens with two attached hydrogens (primary N) is 1. The van der Waals surface area contributed by atoms with Crippen LogP contribution in [-0.2, 0) is 12.8 Å². The molecule has 1 aromatic carbocycles. The van der Waals surface area contributed by atoms with Crippen LogP contribution in [0.25, 0.3) is 11.1 Å². The third kappa shape index (κ3) is 3.95. The van der Waals surface area contributed by atoms with Crippen molar-refractivity contribution in [2.24, 2.45) is 5.73 Å². The van der Waals surface area contributed by atoms with Gasteiger partial charge in [0, 0.05) is 49.1 Å². The summed E-state index contributed by atoms with van der Waals surface area (Å²) >= 11 is 0. The Morgan fingerprint density at radius 2 is 1.94 bits per heavy atom. The molecule has 2 aliphatic rings. The van der Waals surface area contributed by atoms with Gasteiger partial charge in [-0.2, -0.15) is 9.97 Å². The number of hydrogen-bond acceptors (Lipinski definition) is 8. The number of benzene rings is 1. The number of nitrogens with zero attached hydrogens (tertiary/aromatic N) is 5. The average molecular weight is 453 g/mol. The Kier molecular flexibility index (Phi) is 5.53. The largest absolute Gasteiger partial charge is 0.421 e. The van der Waals surface area contributed by atoms with E-state index in [1.807, 2.05) is 4.90 Å². The SMILES string of the molecule is CNc1cc(F)c(F)c2c1CCc1nc(Oc3cnc(C)nc3)nc(N3CCCC(N)C3)c1-2. The first-order valence-electron chi connectivity index (χ1n) is 11.0. The molecule has 0 amide bonds. The van der Waals surface area contributed by atoms with Crippen molar-refractivity contribution >= 4 is 11.5 Å². The third-order valence-electron chi connectivity index (χ3n) is 6.13. The second-order valence-corrected chi connectivity index (χ2v) is 8.39. The van der Waals surface area contributed by atoms with E-state index in [1.54, 1.807) is 26.4 Å².